The number of hydrogen-bond acceptors (Lipinski definition) is 4. The summed E-state index contributed by atoms with van der Waals surface area (Å²) in [6, 6.07) is 13.3. The molecule has 0 aliphatic rings. The third-order valence-electron chi connectivity index (χ3n) is 5.48. The number of carbonyl (C=O) groups is 2. The lowest BCUT2D eigenvalue weighted by Crippen LogP contribution is -2.52. The van der Waals surface area contributed by atoms with Crippen LogP contribution in [0.1, 0.15) is 38.3 Å². The summed E-state index contributed by atoms with van der Waals surface area (Å²) in [6.45, 7) is 6.96. The molecule has 2 aromatic rings. The number of halogens is 1. The van der Waals surface area contributed by atoms with Gasteiger partial charge in [-0.1, -0.05) is 54.9 Å². The Kier molecular flexibility index (Phi) is 9.31. The molecule has 0 saturated heterocycles. The Morgan fingerprint density at radius 1 is 1.09 bits per heavy atom. The van der Waals surface area contributed by atoms with Crippen LogP contribution in [-0.4, -0.2) is 50.0 Å². The first-order valence-corrected chi connectivity index (χ1v) is 13.0. The second-order valence-electron chi connectivity index (χ2n) is 8.20. The van der Waals surface area contributed by atoms with Crippen LogP contribution in [0.5, 0.6) is 0 Å². The summed E-state index contributed by atoms with van der Waals surface area (Å²) in [6.07, 6.45) is 1.79. The highest BCUT2D eigenvalue weighted by molar-refractivity contribution is 7.92. The van der Waals surface area contributed by atoms with Gasteiger partial charge in [0.2, 0.25) is 21.8 Å². The van der Waals surface area contributed by atoms with E-state index < -0.39 is 28.5 Å². The van der Waals surface area contributed by atoms with Crippen LogP contribution in [0, 0.1) is 6.92 Å². The Bertz CT molecular complexity index is 1080. The lowest BCUT2D eigenvalue weighted by Gasteiger charge is -2.32. The summed E-state index contributed by atoms with van der Waals surface area (Å²) < 4.78 is 26.3. The number of benzene rings is 2. The van der Waals surface area contributed by atoms with Gasteiger partial charge in [-0.25, -0.2) is 8.42 Å². The van der Waals surface area contributed by atoms with Gasteiger partial charge in [0.05, 0.1) is 11.9 Å². The van der Waals surface area contributed by atoms with Crippen molar-refractivity contribution in [3.8, 4) is 0 Å². The molecule has 0 aliphatic heterocycles. The van der Waals surface area contributed by atoms with Crippen LogP contribution in [0.25, 0.3) is 0 Å². The first kappa shape index (κ1) is 26.7. The largest absolute Gasteiger partial charge is 0.352 e. The molecular weight excluding hydrogens is 462 g/mol. The predicted octanol–water partition coefficient (Wildman–Crippen LogP) is 3.75. The van der Waals surface area contributed by atoms with Gasteiger partial charge >= 0.3 is 0 Å². The van der Waals surface area contributed by atoms with Crippen molar-refractivity contribution in [1.82, 2.24) is 10.2 Å². The number of nitrogens with one attached hydrogen (secondary N) is 1. The fourth-order valence-electron chi connectivity index (χ4n) is 3.27. The Labute approximate surface area is 201 Å². The number of nitrogens with zero attached hydrogens (tertiary/aromatic N) is 2. The molecule has 33 heavy (non-hydrogen) atoms. The molecule has 2 atom stereocenters. The van der Waals surface area contributed by atoms with Gasteiger partial charge in [0, 0.05) is 17.6 Å². The van der Waals surface area contributed by atoms with Gasteiger partial charge in [-0.3, -0.25) is 13.9 Å². The molecule has 2 rings (SSSR count). The summed E-state index contributed by atoms with van der Waals surface area (Å²) in [5, 5.41) is 3.26. The molecule has 0 spiro atoms. The second-order valence-corrected chi connectivity index (χ2v) is 10.5. The van der Waals surface area contributed by atoms with Crippen molar-refractivity contribution in [3.05, 3.63) is 64.7 Å². The van der Waals surface area contributed by atoms with Gasteiger partial charge in [0.25, 0.3) is 0 Å². The SMILES string of the molecule is CCC(C)NC(=O)C(C)N(Cc1ccccc1)C(=O)CN(c1cc(Cl)ccc1C)S(C)(=O)=O. The minimum Gasteiger partial charge on any atom is -0.352 e. The van der Waals surface area contributed by atoms with E-state index in [0.717, 1.165) is 22.5 Å². The number of hydrogen-bond donors (Lipinski definition) is 1. The van der Waals surface area contributed by atoms with E-state index in [9.17, 15) is 18.0 Å². The monoisotopic (exact) mass is 493 g/mol. The van der Waals surface area contributed by atoms with E-state index in [-0.39, 0.29) is 18.5 Å². The molecule has 0 fully saturated rings. The van der Waals surface area contributed by atoms with Crippen molar-refractivity contribution in [2.75, 3.05) is 17.1 Å². The standard InChI is InChI=1S/C24H32ClN3O4S/c1-6-18(3)26-24(30)19(4)27(15-20-10-8-7-9-11-20)23(29)16-28(33(5,31)32)22-14-21(25)13-12-17(22)2/h7-14,18-19H,6,15-16H2,1-5H3,(H,26,30). The summed E-state index contributed by atoms with van der Waals surface area (Å²) in [5.41, 5.74) is 1.82. The minimum atomic E-state index is -3.80. The van der Waals surface area contributed by atoms with Crippen molar-refractivity contribution >= 4 is 39.1 Å². The summed E-state index contributed by atoms with van der Waals surface area (Å²) >= 11 is 6.10. The van der Waals surface area contributed by atoms with Gasteiger partial charge in [0.1, 0.15) is 12.6 Å². The Balaban J connectivity index is 2.40. The van der Waals surface area contributed by atoms with Crippen molar-refractivity contribution in [3.63, 3.8) is 0 Å². The summed E-state index contributed by atoms with van der Waals surface area (Å²) in [4.78, 5) is 27.7. The molecule has 0 bridgehead atoms. The predicted molar refractivity (Wildman–Crippen MR) is 133 cm³/mol. The van der Waals surface area contributed by atoms with E-state index in [4.69, 9.17) is 11.6 Å². The third-order valence-corrected chi connectivity index (χ3v) is 6.84. The lowest BCUT2D eigenvalue weighted by molar-refractivity contribution is -0.139. The molecule has 0 aliphatic carbocycles. The Morgan fingerprint density at radius 2 is 1.73 bits per heavy atom. The zero-order chi connectivity index (χ0) is 24.8. The van der Waals surface area contributed by atoms with Gasteiger partial charge < -0.3 is 10.2 Å². The molecule has 0 radical (unpaired) electrons. The molecule has 0 saturated carbocycles. The van der Waals surface area contributed by atoms with E-state index in [2.05, 4.69) is 5.32 Å². The number of amides is 2. The quantitative estimate of drug-likeness (QED) is 0.546. The maximum absolute atomic E-state index is 13.5. The highest BCUT2D eigenvalue weighted by atomic mass is 35.5. The molecule has 0 heterocycles. The topological polar surface area (TPSA) is 86.8 Å². The Morgan fingerprint density at radius 3 is 2.30 bits per heavy atom. The normalized spacial score (nSPS) is 13.2. The number of anilines is 1. The summed E-state index contributed by atoms with van der Waals surface area (Å²) in [7, 11) is -3.80. The van der Waals surface area contributed by atoms with Crippen LogP contribution < -0.4 is 9.62 Å². The van der Waals surface area contributed by atoms with Crippen LogP contribution in [0.3, 0.4) is 0 Å². The van der Waals surface area contributed by atoms with Crippen LogP contribution in [0.2, 0.25) is 5.02 Å². The van der Waals surface area contributed by atoms with Crippen molar-refractivity contribution in [2.24, 2.45) is 0 Å². The summed E-state index contributed by atoms with van der Waals surface area (Å²) in [5.74, 6) is -0.783. The molecule has 9 heteroatoms. The van der Waals surface area contributed by atoms with E-state index in [1.54, 1.807) is 26.0 Å². The molecule has 0 aromatic heterocycles. The van der Waals surface area contributed by atoms with E-state index in [1.165, 1.54) is 11.0 Å². The smallest absolute Gasteiger partial charge is 0.244 e. The number of sulfonamides is 1. The lowest BCUT2D eigenvalue weighted by atomic mass is 10.1. The zero-order valence-corrected chi connectivity index (χ0v) is 21.3. The maximum atomic E-state index is 13.5. The molecule has 2 amide bonds. The zero-order valence-electron chi connectivity index (χ0n) is 19.7. The maximum Gasteiger partial charge on any atom is 0.244 e. The molecule has 2 aromatic carbocycles. The van der Waals surface area contributed by atoms with Gasteiger partial charge in [-0.2, -0.15) is 0 Å². The molecule has 2 unspecified atom stereocenters. The number of carbonyl (C=O) groups excluding carboxylic acids is 2. The average Bonchev–Trinajstić information content (AvgIpc) is 2.76. The van der Waals surface area contributed by atoms with E-state index >= 15 is 0 Å². The first-order chi connectivity index (χ1) is 15.4. The van der Waals surface area contributed by atoms with Gasteiger partial charge in [-0.05, 0) is 50.5 Å². The number of aryl methyl sites for hydroxylation is 1. The molecule has 180 valence electrons. The molecule has 1 N–H and O–H groups in total. The highest BCUT2D eigenvalue weighted by Crippen LogP contribution is 2.26. The molecular formula is C24H32ClN3O4S. The third kappa shape index (κ3) is 7.47. The van der Waals surface area contributed by atoms with Crippen molar-refractivity contribution in [2.45, 2.75) is 52.7 Å². The van der Waals surface area contributed by atoms with E-state index in [1.807, 2.05) is 44.2 Å². The molecule has 7 nitrogen and oxygen atoms in total. The second kappa shape index (κ2) is 11.5. The van der Waals surface area contributed by atoms with Gasteiger partial charge in [0.15, 0.2) is 0 Å². The average molecular weight is 494 g/mol. The Hall–Kier alpha value is -2.58. The fraction of sp³-hybridized carbons (Fsp3) is 0.417. The van der Waals surface area contributed by atoms with Crippen molar-refractivity contribution < 1.29 is 18.0 Å². The van der Waals surface area contributed by atoms with Crippen LogP contribution in [-0.2, 0) is 26.2 Å². The van der Waals surface area contributed by atoms with Crippen LogP contribution >= 0.6 is 11.6 Å². The minimum absolute atomic E-state index is 0.0461. The van der Waals surface area contributed by atoms with Crippen LogP contribution in [0.15, 0.2) is 48.5 Å². The first-order valence-electron chi connectivity index (χ1n) is 10.8. The highest BCUT2D eigenvalue weighted by Gasteiger charge is 2.31. The van der Waals surface area contributed by atoms with E-state index in [0.29, 0.717) is 16.3 Å². The number of rotatable bonds is 10. The van der Waals surface area contributed by atoms with Gasteiger partial charge in [-0.15, -0.1) is 0 Å². The fourth-order valence-corrected chi connectivity index (χ4v) is 4.34. The van der Waals surface area contributed by atoms with Crippen molar-refractivity contribution in [1.29, 1.82) is 0 Å². The van der Waals surface area contributed by atoms with Crippen LogP contribution in [0.4, 0.5) is 5.69 Å².